The number of aromatic amines is 1. The first-order valence-electron chi connectivity index (χ1n) is 5.90. The van der Waals surface area contributed by atoms with Gasteiger partial charge < -0.3 is 29.6 Å². The summed E-state index contributed by atoms with van der Waals surface area (Å²) in [5.41, 5.74) is -0.668. The molecule has 3 heterocycles. The summed E-state index contributed by atoms with van der Waals surface area (Å²) in [7, 11) is 0. The fourth-order valence-corrected chi connectivity index (χ4v) is 2.35. The average molecular weight is 285 g/mol. The van der Waals surface area contributed by atoms with E-state index < -0.39 is 42.5 Å². The van der Waals surface area contributed by atoms with Crippen LogP contribution in [0.25, 0.3) is 11.0 Å². The van der Waals surface area contributed by atoms with E-state index in [1.54, 1.807) is 0 Å². The van der Waals surface area contributed by atoms with Crippen LogP contribution >= 0.6 is 0 Å². The van der Waals surface area contributed by atoms with E-state index in [1.807, 2.05) is 0 Å². The summed E-state index contributed by atoms with van der Waals surface area (Å²) < 4.78 is 20.2. The number of H-pyrrole nitrogens is 1. The third kappa shape index (κ3) is 1.75. The van der Waals surface area contributed by atoms with Crippen LogP contribution in [0.2, 0.25) is 0 Å². The SMILES string of the molecule is O=c1[nH]cnc2c1c(F)cn2[C@@H]1O[C@H](CO)C(O)[C@H]1O. The van der Waals surface area contributed by atoms with Gasteiger partial charge in [-0.3, -0.25) is 4.79 Å². The highest BCUT2D eigenvalue weighted by Crippen LogP contribution is 2.31. The second kappa shape index (κ2) is 4.63. The lowest BCUT2D eigenvalue weighted by Crippen LogP contribution is -2.33. The van der Waals surface area contributed by atoms with E-state index in [9.17, 15) is 19.4 Å². The first-order chi connectivity index (χ1) is 9.54. The zero-order valence-corrected chi connectivity index (χ0v) is 10.1. The largest absolute Gasteiger partial charge is 0.394 e. The molecule has 1 aliphatic heterocycles. The van der Waals surface area contributed by atoms with Crippen LogP contribution in [0.3, 0.4) is 0 Å². The Labute approximate surface area is 111 Å². The first kappa shape index (κ1) is 13.2. The van der Waals surface area contributed by atoms with Gasteiger partial charge in [0.15, 0.2) is 17.7 Å². The normalized spacial score (nSPS) is 30.2. The van der Waals surface area contributed by atoms with E-state index in [0.29, 0.717) is 0 Å². The van der Waals surface area contributed by atoms with E-state index in [4.69, 9.17) is 9.84 Å². The molecule has 0 saturated carbocycles. The lowest BCUT2D eigenvalue weighted by atomic mass is 10.1. The van der Waals surface area contributed by atoms with Gasteiger partial charge in [-0.25, -0.2) is 9.37 Å². The number of aliphatic hydroxyl groups excluding tert-OH is 3. The van der Waals surface area contributed by atoms with Crippen molar-refractivity contribution in [2.75, 3.05) is 6.61 Å². The summed E-state index contributed by atoms with van der Waals surface area (Å²) in [5, 5.41) is 28.4. The van der Waals surface area contributed by atoms with Gasteiger partial charge in [-0.05, 0) is 0 Å². The minimum Gasteiger partial charge on any atom is -0.394 e. The number of ether oxygens (including phenoxy) is 1. The molecule has 1 fully saturated rings. The second-order valence-corrected chi connectivity index (χ2v) is 4.54. The lowest BCUT2D eigenvalue weighted by molar-refractivity contribution is -0.0510. The highest BCUT2D eigenvalue weighted by Gasteiger charge is 2.44. The molecule has 1 unspecified atom stereocenters. The van der Waals surface area contributed by atoms with Crippen molar-refractivity contribution in [1.82, 2.24) is 14.5 Å². The molecule has 0 aliphatic carbocycles. The van der Waals surface area contributed by atoms with Gasteiger partial charge in [0.25, 0.3) is 5.56 Å². The van der Waals surface area contributed by atoms with Crippen molar-refractivity contribution in [2.24, 2.45) is 0 Å². The monoisotopic (exact) mass is 285 g/mol. The molecule has 8 nitrogen and oxygen atoms in total. The molecule has 108 valence electrons. The van der Waals surface area contributed by atoms with Gasteiger partial charge in [-0.1, -0.05) is 0 Å². The number of halogens is 1. The molecule has 0 radical (unpaired) electrons. The lowest BCUT2D eigenvalue weighted by Gasteiger charge is -2.16. The smallest absolute Gasteiger partial charge is 0.263 e. The average Bonchev–Trinajstić information content (AvgIpc) is 2.90. The Morgan fingerprint density at radius 1 is 1.45 bits per heavy atom. The molecule has 3 rings (SSSR count). The van der Waals surface area contributed by atoms with Crippen molar-refractivity contribution >= 4 is 11.0 Å². The van der Waals surface area contributed by atoms with Crippen molar-refractivity contribution in [2.45, 2.75) is 24.5 Å². The summed E-state index contributed by atoms with van der Waals surface area (Å²) in [6.07, 6.45) is -2.74. The summed E-state index contributed by atoms with van der Waals surface area (Å²) >= 11 is 0. The molecule has 4 N–H and O–H groups in total. The van der Waals surface area contributed by atoms with E-state index >= 15 is 0 Å². The van der Waals surface area contributed by atoms with Crippen LogP contribution in [0.4, 0.5) is 4.39 Å². The number of hydrogen-bond donors (Lipinski definition) is 4. The van der Waals surface area contributed by atoms with Gasteiger partial charge in [0.05, 0.1) is 12.9 Å². The van der Waals surface area contributed by atoms with E-state index in [0.717, 1.165) is 17.1 Å². The Bertz CT molecular complexity index is 699. The van der Waals surface area contributed by atoms with Gasteiger partial charge in [0, 0.05) is 6.20 Å². The van der Waals surface area contributed by atoms with Gasteiger partial charge in [-0.15, -0.1) is 0 Å². The Morgan fingerprint density at radius 2 is 2.20 bits per heavy atom. The number of aliphatic hydroxyl groups is 3. The van der Waals surface area contributed by atoms with Crippen LogP contribution in [0.15, 0.2) is 17.3 Å². The molecule has 2 aromatic rings. The van der Waals surface area contributed by atoms with Crippen LogP contribution < -0.4 is 5.56 Å². The van der Waals surface area contributed by atoms with Crippen LogP contribution in [-0.2, 0) is 4.74 Å². The molecule has 1 saturated heterocycles. The Hall–Kier alpha value is -1.81. The molecule has 2 aromatic heterocycles. The molecular formula is C11H12FN3O5. The van der Waals surface area contributed by atoms with Crippen LogP contribution in [-0.4, -0.2) is 54.8 Å². The van der Waals surface area contributed by atoms with Crippen molar-refractivity contribution in [1.29, 1.82) is 0 Å². The number of rotatable bonds is 2. The van der Waals surface area contributed by atoms with Gasteiger partial charge in [0.1, 0.15) is 23.7 Å². The predicted molar refractivity (Wildman–Crippen MR) is 63.3 cm³/mol. The number of nitrogens with zero attached hydrogens (tertiary/aromatic N) is 2. The van der Waals surface area contributed by atoms with Crippen molar-refractivity contribution in [3.05, 3.63) is 28.7 Å². The molecule has 0 bridgehead atoms. The number of fused-ring (bicyclic) bond motifs is 1. The van der Waals surface area contributed by atoms with Crippen molar-refractivity contribution in [3.8, 4) is 0 Å². The summed E-state index contributed by atoms with van der Waals surface area (Å²) in [6, 6.07) is 0. The quantitative estimate of drug-likeness (QED) is 0.531. The molecule has 9 heteroatoms. The minimum absolute atomic E-state index is 0.0129. The van der Waals surface area contributed by atoms with E-state index in [-0.39, 0.29) is 11.0 Å². The standard InChI is InChI=1S/C11H12FN3O5/c12-4-1-15(9-6(4)10(19)14-3-13-9)11-8(18)7(17)5(2-16)20-11/h1,3,5,7-8,11,16-18H,2H2,(H,13,14,19)/t5-,7?,8-,11-/m1/s1. The number of nitrogens with one attached hydrogen (secondary N) is 1. The zero-order chi connectivity index (χ0) is 14.4. The fourth-order valence-electron chi connectivity index (χ4n) is 2.35. The molecule has 4 atom stereocenters. The molecule has 0 amide bonds. The first-order valence-corrected chi connectivity index (χ1v) is 5.90. The molecule has 1 aliphatic rings. The highest BCUT2D eigenvalue weighted by atomic mass is 19.1. The molecular weight excluding hydrogens is 273 g/mol. The third-order valence-electron chi connectivity index (χ3n) is 3.36. The molecule has 0 aromatic carbocycles. The maximum atomic E-state index is 13.8. The Kier molecular flexibility index (Phi) is 3.05. The Balaban J connectivity index is 2.12. The van der Waals surface area contributed by atoms with Gasteiger partial charge >= 0.3 is 0 Å². The predicted octanol–water partition coefficient (Wildman–Crippen LogP) is -1.52. The van der Waals surface area contributed by atoms with E-state index in [2.05, 4.69) is 9.97 Å². The molecule has 0 spiro atoms. The second-order valence-electron chi connectivity index (χ2n) is 4.54. The zero-order valence-electron chi connectivity index (χ0n) is 10.1. The third-order valence-corrected chi connectivity index (χ3v) is 3.36. The van der Waals surface area contributed by atoms with Crippen LogP contribution in [0.1, 0.15) is 6.23 Å². The van der Waals surface area contributed by atoms with Gasteiger partial charge in [-0.2, -0.15) is 0 Å². The topological polar surface area (TPSA) is 121 Å². The number of hydrogen-bond acceptors (Lipinski definition) is 6. The van der Waals surface area contributed by atoms with Crippen molar-refractivity contribution in [3.63, 3.8) is 0 Å². The van der Waals surface area contributed by atoms with Crippen LogP contribution in [0, 0.1) is 5.82 Å². The summed E-state index contributed by atoms with van der Waals surface area (Å²) in [5.74, 6) is -0.813. The van der Waals surface area contributed by atoms with E-state index in [1.165, 1.54) is 0 Å². The number of aromatic nitrogens is 3. The molecule has 20 heavy (non-hydrogen) atoms. The van der Waals surface area contributed by atoms with Gasteiger partial charge in [0.2, 0.25) is 0 Å². The summed E-state index contributed by atoms with van der Waals surface area (Å²) in [4.78, 5) is 17.6. The van der Waals surface area contributed by atoms with Crippen molar-refractivity contribution < 1.29 is 24.4 Å². The summed E-state index contributed by atoms with van der Waals surface area (Å²) in [6.45, 7) is -0.496. The highest BCUT2D eigenvalue weighted by molar-refractivity contribution is 5.75. The Morgan fingerprint density at radius 3 is 2.85 bits per heavy atom. The maximum Gasteiger partial charge on any atom is 0.263 e. The maximum absolute atomic E-state index is 13.8. The fraction of sp³-hybridized carbons (Fsp3) is 0.455. The minimum atomic E-state index is -1.37. The van der Waals surface area contributed by atoms with Crippen LogP contribution in [0.5, 0.6) is 0 Å².